The number of nitrogens with zero attached hydrogens (tertiary/aromatic N) is 2. The van der Waals surface area contributed by atoms with Crippen molar-refractivity contribution in [2.45, 2.75) is 209 Å². The minimum absolute atomic E-state index is 0.00538. The number of hydroxylamine groups is 4. The molecule has 0 radical (unpaired) electrons. The van der Waals surface area contributed by atoms with Crippen LogP contribution in [0.5, 0.6) is 0 Å². The monoisotopic (exact) mass is 1230 g/mol. The number of ketones is 4. The Morgan fingerprint density at radius 1 is 0.398 bits per heavy atom. The van der Waals surface area contributed by atoms with Gasteiger partial charge in [-0.15, -0.1) is 0 Å². The van der Waals surface area contributed by atoms with E-state index in [0.29, 0.717) is 34.2 Å². The molecule has 88 heavy (non-hydrogen) atoms. The number of Topliss-reactive ketones (excluding diaryl/α,β-unsaturated/α-hetero) is 4. The lowest BCUT2D eigenvalue weighted by atomic mass is 9.62. The Morgan fingerprint density at radius 2 is 0.636 bits per heavy atom. The average Bonchev–Trinajstić information content (AvgIpc) is 1.88. The molecule has 8 atom stereocenters. The number of benzene rings is 2. The lowest BCUT2D eigenvalue weighted by molar-refractivity contribution is -0.176. The maximum Gasteiger partial charge on any atom is 0.461 e. The fourth-order valence-electron chi connectivity index (χ4n) is 9.43. The third kappa shape index (κ3) is 20.7. The van der Waals surface area contributed by atoms with Gasteiger partial charge in [0, 0.05) is 55.2 Å². The molecule has 0 aromatic heterocycles. The molecule has 490 valence electrons. The van der Waals surface area contributed by atoms with Crippen LogP contribution >= 0.6 is 0 Å². The van der Waals surface area contributed by atoms with Crippen LogP contribution in [0.15, 0.2) is 48.5 Å². The van der Waals surface area contributed by atoms with Crippen LogP contribution in [0.3, 0.4) is 0 Å². The lowest BCUT2D eigenvalue weighted by Crippen LogP contribution is -2.41. The van der Waals surface area contributed by atoms with Crippen LogP contribution in [0.2, 0.25) is 5.82 Å². The number of hydrogen-bond acceptors (Lipinski definition) is 15. The van der Waals surface area contributed by atoms with Crippen LogP contribution in [0.4, 0.5) is 0 Å². The van der Waals surface area contributed by atoms with E-state index in [9.17, 15) is 52.7 Å². The Kier molecular flexibility index (Phi) is 29.7. The summed E-state index contributed by atoms with van der Waals surface area (Å²) in [5, 5.41) is 9.96. The highest BCUT2D eigenvalue weighted by atomic mass is 16.7. The molecule has 3 aliphatic rings. The van der Waals surface area contributed by atoms with Gasteiger partial charge in [0.1, 0.15) is 23.1 Å². The molecule has 3 aliphatic heterocycles. The second kappa shape index (κ2) is 33.6. The van der Waals surface area contributed by atoms with E-state index in [2.05, 4.69) is 55.4 Å². The molecule has 4 amide bonds. The predicted octanol–water partition coefficient (Wildman–Crippen LogP) is 13.5. The summed E-state index contributed by atoms with van der Waals surface area (Å²) in [6.07, 6.45) is 0.748. The minimum Gasteiger partial charge on any atom is -0.481 e. The number of fused-ring (bicyclic) bond motifs is 2. The van der Waals surface area contributed by atoms with Crippen molar-refractivity contribution in [3.8, 4) is 0 Å². The van der Waals surface area contributed by atoms with Gasteiger partial charge >= 0.3 is 25.0 Å². The third-order valence-electron chi connectivity index (χ3n) is 18.4. The molecule has 0 bridgehead atoms. The van der Waals surface area contributed by atoms with E-state index in [4.69, 9.17) is 24.1 Å². The number of carbonyl (C=O) groups is 11. The number of amides is 4. The summed E-state index contributed by atoms with van der Waals surface area (Å²) in [6, 6.07) is 12.6. The molecule has 2 aromatic carbocycles. The Hall–Kier alpha value is -6.21. The van der Waals surface area contributed by atoms with Gasteiger partial charge in [-0.3, -0.25) is 43.2 Å². The van der Waals surface area contributed by atoms with E-state index in [1.54, 1.807) is 24.3 Å². The van der Waals surface area contributed by atoms with Crippen molar-refractivity contribution in [1.29, 1.82) is 0 Å². The van der Waals surface area contributed by atoms with Crippen LogP contribution < -0.4 is 0 Å². The molecule has 1 N–H and O–H groups in total. The molecule has 1 saturated heterocycles. The second-order valence-electron chi connectivity index (χ2n) is 28.0. The Morgan fingerprint density at radius 3 is 0.852 bits per heavy atom. The molecule has 0 unspecified atom stereocenters. The lowest BCUT2D eigenvalue weighted by Gasteiger charge is -2.32. The van der Waals surface area contributed by atoms with Gasteiger partial charge in [0.05, 0.1) is 51.2 Å². The molecule has 5 rings (SSSR count). The van der Waals surface area contributed by atoms with Crippen LogP contribution in [0.1, 0.15) is 233 Å². The second-order valence-corrected chi connectivity index (χ2v) is 28.0. The van der Waals surface area contributed by atoms with E-state index < -0.39 is 59.3 Å². The molecule has 0 aliphatic carbocycles. The first-order valence-corrected chi connectivity index (χ1v) is 31.5. The molecular formula is C69H105BN2O16. The molecule has 3 heterocycles. The van der Waals surface area contributed by atoms with Gasteiger partial charge in [-0.25, -0.2) is 9.59 Å². The number of carbonyl (C=O) groups excluding carboxylic acids is 10. The van der Waals surface area contributed by atoms with Gasteiger partial charge in [-0.1, -0.05) is 173 Å². The van der Waals surface area contributed by atoms with Gasteiger partial charge in [0.2, 0.25) is 0 Å². The summed E-state index contributed by atoms with van der Waals surface area (Å²) >= 11 is 0. The largest absolute Gasteiger partial charge is 0.481 e. The number of carboxylic acid groups (broad SMARTS) is 1. The predicted molar refractivity (Wildman–Crippen MR) is 338 cm³/mol. The standard InChI is InChI=1S/2C20H25NO5.C17H33BO3.C12H22O3/c2*1-11(2)13(5)17(22)10-16(12(3)4)20(25)26-21-18(23)14-8-6-7-9-15(14)19(21)24;1-11(2)13(5)15(19)10-14(12(3)4)18-20-16(6,7)17(8,9)21-18;1-7(2)9(5)11(13)6-10(8(3)4)12(14)15/h2*6-9,11-13,16H,10H2,1-5H3;11-14H,10H2,1-9H3;7-10H,6H2,1-5H3,(H,14,15)/t13-,16+;13-,16-;13-,14+;9-,10-/m0000/s1. The van der Waals surface area contributed by atoms with Crippen molar-refractivity contribution in [2.75, 3.05) is 0 Å². The van der Waals surface area contributed by atoms with Crippen molar-refractivity contribution in [3.63, 3.8) is 0 Å². The average molecular weight is 1230 g/mol. The van der Waals surface area contributed by atoms with E-state index in [-0.39, 0.29) is 142 Å². The summed E-state index contributed by atoms with van der Waals surface area (Å²) in [7, 11) is -0.293. The molecule has 0 saturated carbocycles. The van der Waals surface area contributed by atoms with Crippen molar-refractivity contribution < 1.29 is 76.8 Å². The Labute approximate surface area is 525 Å². The number of aliphatic carboxylic acids is 1. The first-order valence-electron chi connectivity index (χ1n) is 31.5. The normalized spacial score (nSPS) is 17.8. The van der Waals surface area contributed by atoms with Gasteiger partial charge in [0.15, 0.2) is 0 Å². The first kappa shape index (κ1) is 77.9. The van der Waals surface area contributed by atoms with E-state index >= 15 is 0 Å². The number of imide groups is 2. The van der Waals surface area contributed by atoms with E-state index in [1.165, 1.54) is 24.3 Å². The molecular weight excluding hydrogens is 1120 g/mol. The molecule has 0 spiro atoms. The van der Waals surface area contributed by atoms with E-state index in [0.717, 1.165) is 0 Å². The summed E-state index contributed by atoms with van der Waals surface area (Å²) in [5.74, 6) is -5.83. The molecule has 1 fully saturated rings. The highest BCUT2D eigenvalue weighted by molar-refractivity contribution is 6.48. The van der Waals surface area contributed by atoms with Gasteiger partial charge in [-0.05, 0) is 99.3 Å². The topological polar surface area (TPSA) is 251 Å². The smallest absolute Gasteiger partial charge is 0.461 e. The molecule has 19 heteroatoms. The fraction of sp³-hybridized carbons (Fsp3) is 0.667. The third-order valence-corrected chi connectivity index (χ3v) is 18.4. The zero-order valence-electron chi connectivity index (χ0n) is 57.2. The van der Waals surface area contributed by atoms with Gasteiger partial charge in [0.25, 0.3) is 23.6 Å². The van der Waals surface area contributed by atoms with Gasteiger partial charge < -0.3 is 24.1 Å². The summed E-state index contributed by atoms with van der Waals surface area (Å²) < 4.78 is 12.3. The van der Waals surface area contributed by atoms with Gasteiger partial charge in [-0.2, -0.15) is 0 Å². The van der Waals surface area contributed by atoms with Crippen LogP contribution in [0, 0.1) is 88.8 Å². The van der Waals surface area contributed by atoms with Crippen molar-refractivity contribution in [3.05, 3.63) is 70.8 Å². The maximum atomic E-state index is 12.6. The SMILES string of the molecule is CC(C)[C@H](C)C(=O)C[C@@H](B1OC(C)(C)C(C)(C)O1)C(C)C.CC(C)[C@H](C)C(=O)C[C@@H](C(=O)ON1C(=O)c2ccccc2C1=O)C(C)C.CC(C)[C@H](C)C(=O)C[C@H](C(=O)O)C(C)C.CC(C)[C@H](C)C(=O)C[C@H](C(=O)ON1C(=O)c2ccccc2C1=O)C(C)C. The number of carboxylic acids is 1. The molecule has 2 aromatic rings. The summed E-state index contributed by atoms with van der Waals surface area (Å²) in [5.41, 5.74) is 0.147. The van der Waals surface area contributed by atoms with Crippen molar-refractivity contribution in [1.82, 2.24) is 10.1 Å². The van der Waals surface area contributed by atoms with Crippen molar-refractivity contribution >= 4 is 71.8 Å². The zero-order valence-corrected chi connectivity index (χ0v) is 57.2. The highest BCUT2D eigenvalue weighted by Gasteiger charge is 2.54. The number of hydrogen-bond donors (Lipinski definition) is 1. The van der Waals surface area contributed by atoms with Crippen LogP contribution in [-0.4, -0.2) is 98.2 Å². The first-order chi connectivity index (χ1) is 40.4. The summed E-state index contributed by atoms with van der Waals surface area (Å²) in [6.45, 7) is 46.9. The zero-order chi connectivity index (χ0) is 67.9. The van der Waals surface area contributed by atoms with Crippen LogP contribution in [0.25, 0.3) is 0 Å². The quantitative estimate of drug-likeness (QED) is 0.0679. The maximum absolute atomic E-state index is 12.6. The molecule has 18 nitrogen and oxygen atoms in total. The Balaban J connectivity index is 0.000000408. The van der Waals surface area contributed by atoms with Crippen molar-refractivity contribution in [2.24, 2.45) is 88.8 Å². The summed E-state index contributed by atoms with van der Waals surface area (Å²) in [4.78, 5) is 145. The number of rotatable bonds is 26. The minimum atomic E-state index is -0.866. The Bertz CT molecular complexity index is 2580. The van der Waals surface area contributed by atoms with Crippen LogP contribution in [-0.2, 0) is 52.5 Å². The fourth-order valence-corrected chi connectivity index (χ4v) is 9.43. The van der Waals surface area contributed by atoms with E-state index in [1.807, 2.05) is 111 Å². The highest BCUT2D eigenvalue weighted by Crippen LogP contribution is 2.43.